The summed E-state index contributed by atoms with van der Waals surface area (Å²) in [6, 6.07) is 10.4. The van der Waals surface area contributed by atoms with Crippen LogP contribution in [0.1, 0.15) is 30.7 Å². The molecule has 150 valence electrons. The van der Waals surface area contributed by atoms with Gasteiger partial charge in [0.05, 0.1) is 15.6 Å². The third-order valence-electron chi connectivity index (χ3n) is 5.89. The number of benzene rings is 1. The fraction of sp³-hybridized carbons (Fsp3) is 0.409. The van der Waals surface area contributed by atoms with E-state index in [1.807, 2.05) is 25.1 Å². The van der Waals surface area contributed by atoms with E-state index in [1.54, 1.807) is 12.3 Å². The lowest BCUT2D eigenvalue weighted by atomic mass is 9.92. The van der Waals surface area contributed by atoms with Crippen LogP contribution in [0, 0.1) is 12.7 Å². The number of rotatable bonds is 5. The SMILES string of the molecule is Cc1ncc(-c2ccc(-c3ccc(N4CCC(NC5CCC5)C4)nn3)cc2F)s1. The lowest BCUT2D eigenvalue weighted by Crippen LogP contribution is -2.43. The molecule has 1 aromatic carbocycles. The van der Waals surface area contributed by atoms with Gasteiger partial charge in [0.15, 0.2) is 5.82 Å². The summed E-state index contributed by atoms with van der Waals surface area (Å²) < 4.78 is 14.7. The highest BCUT2D eigenvalue weighted by Crippen LogP contribution is 2.31. The highest BCUT2D eigenvalue weighted by molar-refractivity contribution is 7.15. The van der Waals surface area contributed by atoms with Gasteiger partial charge in [-0.1, -0.05) is 12.5 Å². The molecule has 0 spiro atoms. The molecule has 3 aromatic rings. The van der Waals surface area contributed by atoms with Gasteiger partial charge in [0, 0.05) is 42.5 Å². The van der Waals surface area contributed by atoms with Crippen molar-refractivity contribution >= 4 is 17.2 Å². The summed E-state index contributed by atoms with van der Waals surface area (Å²) in [6.07, 6.45) is 6.83. The lowest BCUT2D eigenvalue weighted by Gasteiger charge is -2.29. The second kappa shape index (κ2) is 7.80. The van der Waals surface area contributed by atoms with Gasteiger partial charge >= 0.3 is 0 Å². The zero-order valence-corrected chi connectivity index (χ0v) is 17.3. The highest BCUT2D eigenvalue weighted by Gasteiger charge is 2.27. The van der Waals surface area contributed by atoms with E-state index in [0.29, 0.717) is 23.3 Å². The predicted molar refractivity (Wildman–Crippen MR) is 115 cm³/mol. The van der Waals surface area contributed by atoms with E-state index in [9.17, 15) is 4.39 Å². The molecule has 5 nitrogen and oxygen atoms in total. The summed E-state index contributed by atoms with van der Waals surface area (Å²) in [6.45, 7) is 3.89. The van der Waals surface area contributed by atoms with Gasteiger partial charge in [-0.05, 0) is 50.5 Å². The number of hydrogen-bond donors (Lipinski definition) is 1. The smallest absolute Gasteiger partial charge is 0.151 e. The number of nitrogens with zero attached hydrogens (tertiary/aromatic N) is 4. The first kappa shape index (κ1) is 18.6. The molecule has 0 radical (unpaired) electrons. The van der Waals surface area contributed by atoms with Crippen molar-refractivity contribution in [3.8, 4) is 21.7 Å². The molecular formula is C22H24FN5S. The number of aryl methyl sites for hydroxylation is 1. The summed E-state index contributed by atoms with van der Waals surface area (Å²) in [5, 5.41) is 13.5. The van der Waals surface area contributed by atoms with E-state index in [1.165, 1.54) is 36.7 Å². The molecule has 1 aliphatic heterocycles. The molecule has 3 heterocycles. The maximum absolute atomic E-state index is 14.7. The van der Waals surface area contributed by atoms with E-state index in [0.717, 1.165) is 40.8 Å². The van der Waals surface area contributed by atoms with Crippen molar-refractivity contribution in [1.29, 1.82) is 0 Å². The number of halogens is 1. The summed E-state index contributed by atoms with van der Waals surface area (Å²) in [5.41, 5.74) is 1.99. The van der Waals surface area contributed by atoms with E-state index in [2.05, 4.69) is 25.4 Å². The molecule has 1 N–H and O–H groups in total. The number of hydrogen-bond acceptors (Lipinski definition) is 6. The number of thiazole rings is 1. The Kier molecular flexibility index (Phi) is 5.01. The van der Waals surface area contributed by atoms with E-state index < -0.39 is 0 Å². The van der Waals surface area contributed by atoms with Crippen LogP contribution in [0.15, 0.2) is 36.5 Å². The number of anilines is 1. The van der Waals surface area contributed by atoms with Crippen molar-refractivity contribution in [1.82, 2.24) is 20.5 Å². The Labute approximate surface area is 174 Å². The lowest BCUT2D eigenvalue weighted by molar-refractivity contribution is 0.311. The maximum Gasteiger partial charge on any atom is 0.151 e. The monoisotopic (exact) mass is 409 g/mol. The van der Waals surface area contributed by atoms with Crippen LogP contribution in [-0.2, 0) is 0 Å². The first-order chi connectivity index (χ1) is 14.2. The van der Waals surface area contributed by atoms with Crippen molar-refractivity contribution in [2.75, 3.05) is 18.0 Å². The Bertz CT molecular complexity index is 999. The predicted octanol–water partition coefficient (Wildman–Crippen LogP) is 4.44. The van der Waals surface area contributed by atoms with Crippen LogP contribution < -0.4 is 10.2 Å². The maximum atomic E-state index is 14.7. The minimum Gasteiger partial charge on any atom is -0.354 e. The van der Waals surface area contributed by atoms with Gasteiger partial charge in [0.25, 0.3) is 0 Å². The van der Waals surface area contributed by atoms with Gasteiger partial charge in [-0.15, -0.1) is 21.5 Å². The Morgan fingerprint density at radius 3 is 2.66 bits per heavy atom. The molecule has 1 saturated heterocycles. The zero-order chi connectivity index (χ0) is 19.8. The fourth-order valence-corrected chi connectivity index (χ4v) is 4.83. The third kappa shape index (κ3) is 3.89. The van der Waals surface area contributed by atoms with Crippen molar-refractivity contribution < 1.29 is 4.39 Å². The molecule has 29 heavy (non-hydrogen) atoms. The van der Waals surface area contributed by atoms with Gasteiger partial charge in [-0.25, -0.2) is 9.37 Å². The van der Waals surface area contributed by atoms with Crippen molar-refractivity contribution in [3.63, 3.8) is 0 Å². The fourth-order valence-electron chi connectivity index (χ4n) is 4.02. The molecule has 1 unspecified atom stereocenters. The molecule has 2 aliphatic rings. The second-order valence-electron chi connectivity index (χ2n) is 7.94. The molecule has 2 fully saturated rings. The normalized spacial score (nSPS) is 19.5. The highest BCUT2D eigenvalue weighted by atomic mass is 32.1. The first-order valence-corrected chi connectivity index (χ1v) is 11.0. The molecular weight excluding hydrogens is 385 g/mol. The Morgan fingerprint density at radius 2 is 2.00 bits per heavy atom. The average molecular weight is 410 g/mol. The number of aromatic nitrogens is 3. The molecule has 0 bridgehead atoms. The van der Waals surface area contributed by atoms with Crippen LogP contribution in [0.2, 0.25) is 0 Å². The number of nitrogens with one attached hydrogen (secondary N) is 1. The average Bonchev–Trinajstić information content (AvgIpc) is 3.34. The van der Waals surface area contributed by atoms with Gasteiger partial charge in [-0.2, -0.15) is 0 Å². The van der Waals surface area contributed by atoms with E-state index in [-0.39, 0.29) is 5.82 Å². The topological polar surface area (TPSA) is 53.9 Å². The molecule has 1 aliphatic carbocycles. The minimum absolute atomic E-state index is 0.263. The summed E-state index contributed by atoms with van der Waals surface area (Å²) in [4.78, 5) is 7.33. The Balaban J connectivity index is 1.28. The van der Waals surface area contributed by atoms with Crippen molar-refractivity contribution in [2.45, 2.75) is 44.7 Å². The zero-order valence-electron chi connectivity index (χ0n) is 16.4. The Hall–Kier alpha value is -2.38. The van der Waals surface area contributed by atoms with Gasteiger partial charge in [0.2, 0.25) is 0 Å². The molecule has 2 aromatic heterocycles. The standard InChI is InChI=1S/C22H24FN5S/c1-14-24-12-21(29-14)18-6-5-15(11-19(18)23)20-7-8-22(27-26-20)28-10-9-17(13-28)25-16-3-2-4-16/h5-8,11-12,16-17,25H,2-4,9-10,13H2,1H3. The molecule has 5 rings (SSSR count). The minimum atomic E-state index is -0.263. The van der Waals surface area contributed by atoms with Crippen molar-refractivity contribution in [2.24, 2.45) is 0 Å². The van der Waals surface area contributed by atoms with E-state index in [4.69, 9.17) is 0 Å². The molecule has 1 saturated carbocycles. The Morgan fingerprint density at radius 1 is 1.10 bits per heavy atom. The van der Waals surface area contributed by atoms with Crippen LogP contribution >= 0.6 is 11.3 Å². The van der Waals surface area contributed by atoms with Crippen LogP contribution in [0.5, 0.6) is 0 Å². The van der Waals surface area contributed by atoms with Crippen LogP contribution in [0.25, 0.3) is 21.7 Å². The summed E-state index contributed by atoms with van der Waals surface area (Å²) in [5.74, 6) is 0.630. The van der Waals surface area contributed by atoms with Crippen LogP contribution in [0.3, 0.4) is 0 Å². The van der Waals surface area contributed by atoms with Crippen LogP contribution in [0.4, 0.5) is 10.2 Å². The third-order valence-corrected chi connectivity index (χ3v) is 6.84. The quantitative estimate of drug-likeness (QED) is 0.675. The van der Waals surface area contributed by atoms with Crippen molar-refractivity contribution in [3.05, 3.63) is 47.4 Å². The van der Waals surface area contributed by atoms with E-state index >= 15 is 0 Å². The molecule has 1 atom stereocenters. The van der Waals surface area contributed by atoms with Crippen LogP contribution in [-0.4, -0.2) is 40.4 Å². The summed E-state index contributed by atoms with van der Waals surface area (Å²) in [7, 11) is 0. The largest absolute Gasteiger partial charge is 0.354 e. The molecule has 0 amide bonds. The second-order valence-corrected chi connectivity index (χ2v) is 9.18. The first-order valence-electron chi connectivity index (χ1n) is 10.2. The van der Waals surface area contributed by atoms with Gasteiger partial charge in [-0.3, -0.25) is 0 Å². The van der Waals surface area contributed by atoms with Gasteiger partial charge < -0.3 is 10.2 Å². The molecule has 7 heteroatoms. The summed E-state index contributed by atoms with van der Waals surface area (Å²) >= 11 is 1.49. The van der Waals surface area contributed by atoms with Gasteiger partial charge in [0.1, 0.15) is 5.82 Å².